The number of carbonyl (C=O) groups excluding carboxylic acids is 4. The number of benzene rings is 2. The number of rotatable bonds is 20. The van der Waals surface area contributed by atoms with Gasteiger partial charge in [0.15, 0.2) is 5.96 Å². The van der Waals surface area contributed by atoms with Crippen LogP contribution in [0, 0.1) is 0 Å². The molecule has 0 heterocycles. The Kier molecular flexibility index (Phi) is 16.3. The van der Waals surface area contributed by atoms with Crippen molar-refractivity contribution in [3.05, 3.63) is 65.7 Å². The number of carboxylic acid groups (broad SMARTS) is 1. The van der Waals surface area contributed by atoms with Crippen molar-refractivity contribution in [1.29, 1.82) is 0 Å². The molecule has 0 saturated heterocycles. The van der Waals surface area contributed by atoms with E-state index in [1.165, 1.54) is 19.1 Å². The summed E-state index contributed by atoms with van der Waals surface area (Å²) in [6.45, 7) is 1.76. The number of amides is 4. The quantitative estimate of drug-likeness (QED) is 0.0432. The second kappa shape index (κ2) is 20.1. The van der Waals surface area contributed by atoms with E-state index < -0.39 is 59.8 Å². The number of nitrogens with zero attached hydrogens (tertiary/aromatic N) is 1. The standard InChI is InChI=1S/C32H47N9O7/c1-19(31(47)48)38-29(45)25(17-20-7-3-2-4-8-20)41-28(44)24(10-5-15-33)39-30(46)26(18-21-11-13-22(42)14-12-21)40-27(43)23(34)9-6-16-37-32(35)36/h2-4,7-8,11-14,19,23-26,42H,5-6,9-10,15-18,33-34H2,1H3,(H,38,45)(H,39,46)(H,40,43)(H,41,44)(H,47,48)(H4,35,36,37)/t19-,23+,24-,25+,26+/m1/s1. The van der Waals surface area contributed by atoms with E-state index in [-0.39, 0.29) is 50.5 Å². The van der Waals surface area contributed by atoms with E-state index in [1.54, 1.807) is 42.5 Å². The highest BCUT2D eigenvalue weighted by molar-refractivity contribution is 5.95. The SMILES string of the molecule is C[C@@H](NC(=O)[C@H](Cc1ccccc1)NC(=O)[C@@H](CCCN)NC(=O)[C@H](Cc1ccc(O)cc1)NC(=O)[C@@H](N)CCCN=C(N)N)C(=O)O. The molecule has 0 aliphatic heterocycles. The molecule has 262 valence electrons. The van der Waals surface area contributed by atoms with E-state index in [0.29, 0.717) is 24.0 Å². The molecule has 4 amide bonds. The number of hydrogen-bond acceptors (Lipinski definition) is 9. The molecular formula is C32H47N9O7. The topological polar surface area (TPSA) is 290 Å². The molecule has 16 nitrogen and oxygen atoms in total. The van der Waals surface area contributed by atoms with Crippen LogP contribution in [0.1, 0.15) is 43.7 Å². The highest BCUT2D eigenvalue weighted by Gasteiger charge is 2.31. The average Bonchev–Trinajstić information content (AvgIpc) is 3.05. The minimum absolute atomic E-state index is 0.00405. The normalized spacial score (nSPS) is 13.9. The van der Waals surface area contributed by atoms with Crippen LogP contribution in [-0.4, -0.2) is 89.1 Å². The van der Waals surface area contributed by atoms with Gasteiger partial charge in [0, 0.05) is 19.4 Å². The summed E-state index contributed by atoms with van der Waals surface area (Å²) in [6, 6.07) is 9.10. The summed E-state index contributed by atoms with van der Waals surface area (Å²) >= 11 is 0. The third-order valence-corrected chi connectivity index (χ3v) is 7.29. The van der Waals surface area contributed by atoms with Gasteiger partial charge >= 0.3 is 5.97 Å². The van der Waals surface area contributed by atoms with Crippen LogP contribution in [0.5, 0.6) is 5.75 Å². The van der Waals surface area contributed by atoms with Crippen LogP contribution < -0.4 is 44.2 Å². The van der Waals surface area contributed by atoms with Crippen molar-refractivity contribution >= 4 is 35.6 Å². The number of nitrogens with two attached hydrogens (primary N) is 4. The van der Waals surface area contributed by atoms with Gasteiger partial charge in [-0.3, -0.25) is 29.0 Å². The lowest BCUT2D eigenvalue weighted by molar-refractivity contribution is -0.141. The molecule has 14 N–H and O–H groups in total. The van der Waals surface area contributed by atoms with E-state index in [9.17, 15) is 34.2 Å². The van der Waals surface area contributed by atoms with Crippen LogP contribution in [0.4, 0.5) is 0 Å². The van der Waals surface area contributed by atoms with Crippen LogP contribution in [0.15, 0.2) is 59.6 Å². The summed E-state index contributed by atoms with van der Waals surface area (Å²) in [5, 5.41) is 29.3. The van der Waals surface area contributed by atoms with Gasteiger partial charge in [-0.05, 0) is 62.4 Å². The number of phenols is 1. The lowest BCUT2D eigenvalue weighted by Crippen LogP contribution is -2.59. The number of phenolic OH excluding ortho intramolecular Hbond substituents is 1. The number of nitrogens with one attached hydrogen (secondary N) is 4. The van der Waals surface area contributed by atoms with Gasteiger partial charge in [-0.1, -0.05) is 42.5 Å². The number of aliphatic carboxylic acids is 1. The van der Waals surface area contributed by atoms with Gasteiger partial charge in [0.25, 0.3) is 0 Å². The molecule has 0 aromatic heterocycles. The predicted molar refractivity (Wildman–Crippen MR) is 179 cm³/mol. The summed E-state index contributed by atoms with van der Waals surface area (Å²) in [6.07, 6.45) is 1.11. The monoisotopic (exact) mass is 669 g/mol. The molecule has 16 heteroatoms. The summed E-state index contributed by atoms with van der Waals surface area (Å²) in [4.78, 5) is 68.7. The Labute approximate surface area is 279 Å². The predicted octanol–water partition coefficient (Wildman–Crippen LogP) is -1.66. The van der Waals surface area contributed by atoms with Crippen LogP contribution in [0.25, 0.3) is 0 Å². The van der Waals surface area contributed by atoms with E-state index in [2.05, 4.69) is 26.3 Å². The molecule has 0 fully saturated rings. The molecule has 5 atom stereocenters. The molecule has 0 bridgehead atoms. The van der Waals surface area contributed by atoms with E-state index >= 15 is 0 Å². The Bertz CT molecular complexity index is 1390. The van der Waals surface area contributed by atoms with Crippen molar-refractivity contribution < 1.29 is 34.2 Å². The van der Waals surface area contributed by atoms with Gasteiger partial charge < -0.3 is 54.4 Å². The van der Waals surface area contributed by atoms with Crippen molar-refractivity contribution in [2.75, 3.05) is 13.1 Å². The van der Waals surface area contributed by atoms with Gasteiger partial charge in [0.1, 0.15) is 29.9 Å². The van der Waals surface area contributed by atoms with Crippen LogP contribution in [0.2, 0.25) is 0 Å². The maximum Gasteiger partial charge on any atom is 0.325 e. The fourth-order valence-corrected chi connectivity index (χ4v) is 4.58. The van der Waals surface area contributed by atoms with E-state index in [0.717, 1.165) is 0 Å². The first-order chi connectivity index (χ1) is 22.8. The number of carboxylic acids is 1. The third-order valence-electron chi connectivity index (χ3n) is 7.29. The van der Waals surface area contributed by atoms with Gasteiger partial charge in [0.05, 0.1) is 6.04 Å². The minimum atomic E-state index is -1.25. The summed E-state index contributed by atoms with van der Waals surface area (Å²) in [7, 11) is 0. The van der Waals surface area contributed by atoms with Gasteiger partial charge in [-0.15, -0.1) is 0 Å². The Balaban J connectivity index is 2.28. The summed E-state index contributed by atoms with van der Waals surface area (Å²) < 4.78 is 0. The zero-order valence-corrected chi connectivity index (χ0v) is 26.9. The first-order valence-electron chi connectivity index (χ1n) is 15.6. The molecule has 0 saturated carbocycles. The minimum Gasteiger partial charge on any atom is -0.508 e. The number of guanidine groups is 1. The molecule has 2 rings (SSSR count). The maximum atomic E-state index is 13.7. The average molecular weight is 670 g/mol. The molecule has 0 aliphatic rings. The molecule has 2 aromatic carbocycles. The number of aliphatic imine (C=N–C) groups is 1. The Hall–Kier alpha value is -5.22. The zero-order valence-electron chi connectivity index (χ0n) is 26.9. The molecule has 0 spiro atoms. The molecular weight excluding hydrogens is 622 g/mol. The lowest BCUT2D eigenvalue weighted by Gasteiger charge is -2.26. The second-order valence-corrected chi connectivity index (χ2v) is 11.3. The van der Waals surface area contributed by atoms with Gasteiger partial charge in [0.2, 0.25) is 23.6 Å². The zero-order chi connectivity index (χ0) is 35.6. The van der Waals surface area contributed by atoms with Crippen molar-refractivity contribution in [3.63, 3.8) is 0 Å². The molecule has 0 radical (unpaired) electrons. The summed E-state index contributed by atoms with van der Waals surface area (Å²) in [5.41, 5.74) is 23.7. The second-order valence-electron chi connectivity index (χ2n) is 11.3. The lowest BCUT2D eigenvalue weighted by atomic mass is 10.0. The highest BCUT2D eigenvalue weighted by atomic mass is 16.4. The molecule has 2 aromatic rings. The first-order valence-corrected chi connectivity index (χ1v) is 15.6. The van der Waals surface area contributed by atoms with Crippen LogP contribution in [-0.2, 0) is 36.8 Å². The van der Waals surface area contributed by atoms with Crippen molar-refractivity contribution in [3.8, 4) is 5.75 Å². The van der Waals surface area contributed by atoms with Crippen molar-refractivity contribution in [2.24, 2.45) is 27.9 Å². The molecule has 48 heavy (non-hydrogen) atoms. The fourth-order valence-electron chi connectivity index (χ4n) is 4.58. The molecule has 0 aliphatic carbocycles. The number of hydrogen-bond donors (Lipinski definition) is 10. The van der Waals surface area contributed by atoms with Gasteiger partial charge in [-0.25, -0.2) is 0 Å². The largest absolute Gasteiger partial charge is 0.508 e. The number of aromatic hydroxyl groups is 1. The Morgan fingerprint density at radius 3 is 1.81 bits per heavy atom. The maximum absolute atomic E-state index is 13.7. The van der Waals surface area contributed by atoms with Crippen molar-refractivity contribution in [1.82, 2.24) is 21.3 Å². The smallest absolute Gasteiger partial charge is 0.325 e. The first kappa shape index (κ1) is 39.0. The number of carbonyl (C=O) groups is 5. The van der Waals surface area contributed by atoms with E-state index in [1.807, 2.05) is 0 Å². The van der Waals surface area contributed by atoms with Crippen LogP contribution in [0.3, 0.4) is 0 Å². The van der Waals surface area contributed by atoms with Crippen LogP contribution >= 0.6 is 0 Å². The fraction of sp³-hybridized carbons (Fsp3) is 0.438. The molecule has 0 unspecified atom stereocenters. The third kappa shape index (κ3) is 14.0. The highest BCUT2D eigenvalue weighted by Crippen LogP contribution is 2.13. The Morgan fingerprint density at radius 1 is 0.729 bits per heavy atom. The van der Waals surface area contributed by atoms with Gasteiger partial charge in [-0.2, -0.15) is 0 Å². The summed E-state index contributed by atoms with van der Waals surface area (Å²) in [5.74, 6) is -4.08. The van der Waals surface area contributed by atoms with E-state index in [4.69, 9.17) is 22.9 Å². The Morgan fingerprint density at radius 2 is 1.25 bits per heavy atom. The van der Waals surface area contributed by atoms with Crippen molar-refractivity contribution in [2.45, 2.75) is 75.7 Å².